The molecule has 2 rings (SSSR count). The first-order valence-corrected chi connectivity index (χ1v) is 6.25. The third kappa shape index (κ3) is 1.97. The maximum absolute atomic E-state index is 11.0. The average Bonchev–Trinajstić information content (AvgIpc) is 2.57. The Morgan fingerprint density at radius 1 is 1.41 bits per heavy atom. The Morgan fingerprint density at radius 3 is 2.59 bits per heavy atom. The summed E-state index contributed by atoms with van der Waals surface area (Å²) in [4.78, 5) is 11.0. The second-order valence-electron chi connectivity index (χ2n) is 4.47. The van der Waals surface area contributed by atoms with Crippen LogP contribution in [0.15, 0.2) is 22.8 Å². The van der Waals surface area contributed by atoms with Gasteiger partial charge in [-0.2, -0.15) is 0 Å². The smallest absolute Gasteiger partial charge is 0.335 e. The number of fused-ring (bicyclic) bond motifs is 1. The van der Waals surface area contributed by atoms with Gasteiger partial charge in [0.15, 0.2) is 0 Å². The van der Waals surface area contributed by atoms with Gasteiger partial charge in [0.05, 0.1) is 11.1 Å². The highest BCUT2D eigenvalue weighted by Gasteiger charge is 2.14. The van der Waals surface area contributed by atoms with Gasteiger partial charge in [0.1, 0.15) is 0 Å². The number of carboxylic acids is 1. The average molecular weight is 296 g/mol. The third-order valence-electron chi connectivity index (χ3n) is 2.88. The van der Waals surface area contributed by atoms with Crippen LogP contribution in [0.25, 0.3) is 10.9 Å². The number of rotatable bonds is 2. The van der Waals surface area contributed by atoms with Crippen molar-refractivity contribution in [1.29, 1.82) is 0 Å². The molecule has 4 heteroatoms. The van der Waals surface area contributed by atoms with Crippen molar-refractivity contribution in [2.24, 2.45) is 0 Å². The summed E-state index contributed by atoms with van der Waals surface area (Å²) in [7, 11) is 0. The van der Waals surface area contributed by atoms with Gasteiger partial charge in [0, 0.05) is 22.1 Å². The van der Waals surface area contributed by atoms with Crippen LogP contribution in [0.5, 0.6) is 0 Å². The van der Waals surface area contributed by atoms with E-state index in [1.807, 2.05) is 6.92 Å². The van der Waals surface area contributed by atoms with E-state index < -0.39 is 5.97 Å². The van der Waals surface area contributed by atoms with E-state index >= 15 is 0 Å². The van der Waals surface area contributed by atoms with Crippen LogP contribution < -0.4 is 0 Å². The lowest BCUT2D eigenvalue weighted by Crippen LogP contribution is -2.00. The molecule has 1 N–H and O–H groups in total. The molecule has 0 amide bonds. The number of halogens is 1. The molecule has 0 atom stereocenters. The minimum Gasteiger partial charge on any atom is -0.478 e. The second kappa shape index (κ2) is 4.18. The minimum atomic E-state index is -0.899. The van der Waals surface area contributed by atoms with Crippen molar-refractivity contribution in [2.75, 3.05) is 0 Å². The van der Waals surface area contributed by atoms with Crippen molar-refractivity contribution in [2.45, 2.75) is 26.8 Å². The molecule has 0 unspecified atom stereocenters. The van der Waals surface area contributed by atoms with Gasteiger partial charge in [-0.3, -0.25) is 0 Å². The molecule has 2 aromatic rings. The summed E-state index contributed by atoms with van der Waals surface area (Å²) in [6.07, 6.45) is 2.06. The molecule has 3 nitrogen and oxygen atoms in total. The fourth-order valence-corrected chi connectivity index (χ4v) is 2.70. The Bertz CT molecular complexity index is 599. The van der Waals surface area contributed by atoms with Crippen molar-refractivity contribution in [3.05, 3.63) is 33.9 Å². The molecule has 0 fully saturated rings. The summed E-state index contributed by atoms with van der Waals surface area (Å²) in [5, 5.41) is 10.0. The molecule has 1 heterocycles. The number of aryl methyl sites for hydroxylation is 1. The molecule has 1 aromatic heterocycles. The maximum atomic E-state index is 11.0. The number of hydrogen-bond donors (Lipinski definition) is 1. The first-order valence-electron chi connectivity index (χ1n) is 5.45. The van der Waals surface area contributed by atoms with Gasteiger partial charge in [0.2, 0.25) is 0 Å². The Labute approximate surface area is 108 Å². The van der Waals surface area contributed by atoms with E-state index in [0.717, 1.165) is 20.9 Å². The van der Waals surface area contributed by atoms with Gasteiger partial charge >= 0.3 is 5.97 Å². The number of carbonyl (C=O) groups is 1. The van der Waals surface area contributed by atoms with Crippen LogP contribution in [0, 0.1) is 6.92 Å². The van der Waals surface area contributed by atoms with Crippen molar-refractivity contribution >= 4 is 32.8 Å². The van der Waals surface area contributed by atoms with Crippen LogP contribution >= 0.6 is 15.9 Å². The topological polar surface area (TPSA) is 42.2 Å². The zero-order valence-electron chi connectivity index (χ0n) is 9.99. The Balaban J connectivity index is 2.83. The highest BCUT2D eigenvalue weighted by Crippen LogP contribution is 2.31. The molecule has 0 aliphatic rings. The first-order chi connectivity index (χ1) is 7.91. The zero-order chi connectivity index (χ0) is 12.7. The summed E-state index contributed by atoms with van der Waals surface area (Å²) in [5.74, 6) is -0.899. The van der Waals surface area contributed by atoms with Crippen LogP contribution in [0.2, 0.25) is 0 Å². The lowest BCUT2D eigenvalue weighted by molar-refractivity contribution is 0.0697. The lowest BCUT2D eigenvalue weighted by atomic mass is 10.1. The molecule has 0 bridgehead atoms. The van der Waals surface area contributed by atoms with E-state index in [4.69, 9.17) is 5.11 Å². The van der Waals surface area contributed by atoms with Gasteiger partial charge in [-0.1, -0.05) is 0 Å². The Morgan fingerprint density at radius 2 is 2.06 bits per heavy atom. The molecule has 0 radical (unpaired) electrons. The number of carboxylic acid groups (broad SMARTS) is 1. The van der Waals surface area contributed by atoms with Crippen molar-refractivity contribution in [3.8, 4) is 0 Å². The van der Waals surface area contributed by atoms with E-state index in [1.165, 1.54) is 0 Å². The standard InChI is InChI=1S/C13H14BrNO2/c1-7(2)15-6-8(3)10-4-9(13(16)17)5-11(14)12(10)15/h4-7H,1-3H3,(H,16,17). The molecular weight excluding hydrogens is 282 g/mol. The highest BCUT2D eigenvalue weighted by atomic mass is 79.9. The molecular formula is C13H14BrNO2. The largest absolute Gasteiger partial charge is 0.478 e. The monoisotopic (exact) mass is 295 g/mol. The normalized spacial score (nSPS) is 11.4. The molecule has 0 aliphatic carbocycles. The van der Waals surface area contributed by atoms with Crippen LogP contribution in [0.1, 0.15) is 35.8 Å². The molecule has 0 saturated heterocycles. The number of benzene rings is 1. The number of aromatic carboxylic acids is 1. The van der Waals surface area contributed by atoms with Crippen molar-refractivity contribution in [3.63, 3.8) is 0 Å². The summed E-state index contributed by atoms with van der Waals surface area (Å²) < 4.78 is 2.98. The minimum absolute atomic E-state index is 0.314. The second-order valence-corrected chi connectivity index (χ2v) is 5.33. The molecule has 17 heavy (non-hydrogen) atoms. The number of hydrogen-bond acceptors (Lipinski definition) is 1. The van der Waals surface area contributed by atoms with E-state index in [1.54, 1.807) is 12.1 Å². The predicted molar refractivity (Wildman–Crippen MR) is 71.7 cm³/mol. The van der Waals surface area contributed by atoms with E-state index in [-0.39, 0.29) is 0 Å². The third-order valence-corrected chi connectivity index (χ3v) is 3.49. The zero-order valence-corrected chi connectivity index (χ0v) is 11.6. The van der Waals surface area contributed by atoms with Crippen molar-refractivity contribution in [1.82, 2.24) is 4.57 Å². The first kappa shape index (κ1) is 12.2. The SMILES string of the molecule is Cc1cn(C(C)C)c2c(Br)cc(C(=O)O)cc12. The van der Waals surface area contributed by atoms with Gasteiger partial charge in [-0.25, -0.2) is 4.79 Å². The van der Waals surface area contributed by atoms with Gasteiger partial charge in [-0.05, 0) is 54.4 Å². The molecule has 0 saturated carbocycles. The lowest BCUT2D eigenvalue weighted by Gasteiger charge is -2.10. The summed E-state index contributed by atoms with van der Waals surface area (Å²) in [6.45, 7) is 6.21. The molecule has 1 aromatic carbocycles. The fourth-order valence-electron chi connectivity index (χ4n) is 2.04. The summed E-state index contributed by atoms with van der Waals surface area (Å²) in [5.41, 5.74) is 2.47. The fraction of sp³-hybridized carbons (Fsp3) is 0.308. The van der Waals surface area contributed by atoms with Crippen LogP contribution in [-0.2, 0) is 0 Å². The van der Waals surface area contributed by atoms with Crippen LogP contribution in [-0.4, -0.2) is 15.6 Å². The Kier molecular flexibility index (Phi) is 3.00. The van der Waals surface area contributed by atoms with E-state index in [2.05, 4.69) is 40.5 Å². The molecule has 0 aliphatic heterocycles. The van der Waals surface area contributed by atoms with Gasteiger partial charge in [-0.15, -0.1) is 0 Å². The van der Waals surface area contributed by atoms with E-state index in [0.29, 0.717) is 11.6 Å². The quantitative estimate of drug-likeness (QED) is 0.910. The molecule has 0 spiro atoms. The highest BCUT2D eigenvalue weighted by molar-refractivity contribution is 9.10. The van der Waals surface area contributed by atoms with Crippen LogP contribution in [0.3, 0.4) is 0 Å². The van der Waals surface area contributed by atoms with Gasteiger partial charge < -0.3 is 9.67 Å². The maximum Gasteiger partial charge on any atom is 0.335 e. The van der Waals surface area contributed by atoms with Gasteiger partial charge in [0.25, 0.3) is 0 Å². The van der Waals surface area contributed by atoms with Crippen LogP contribution in [0.4, 0.5) is 0 Å². The number of aromatic nitrogens is 1. The Hall–Kier alpha value is -1.29. The predicted octanol–water partition coefficient (Wildman–Crippen LogP) is 3.99. The molecule has 90 valence electrons. The number of nitrogens with zero attached hydrogens (tertiary/aromatic N) is 1. The van der Waals surface area contributed by atoms with Crippen molar-refractivity contribution < 1.29 is 9.90 Å². The van der Waals surface area contributed by atoms with E-state index in [9.17, 15) is 4.79 Å². The summed E-state index contributed by atoms with van der Waals surface area (Å²) >= 11 is 3.46. The summed E-state index contributed by atoms with van der Waals surface area (Å²) in [6, 6.07) is 3.73.